The Morgan fingerprint density at radius 1 is 0.969 bits per heavy atom. The lowest BCUT2D eigenvalue weighted by molar-refractivity contribution is 0.0494. The van der Waals surface area contributed by atoms with Crippen molar-refractivity contribution >= 4 is 27.5 Å². The summed E-state index contributed by atoms with van der Waals surface area (Å²) in [6, 6.07) is 17.7. The fourth-order valence-corrected chi connectivity index (χ4v) is 4.92. The van der Waals surface area contributed by atoms with Crippen molar-refractivity contribution in [2.24, 2.45) is 0 Å². The van der Waals surface area contributed by atoms with Crippen molar-refractivity contribution in [3.8, 4) is 11.1 Å². The molecule has 0 radical (unpaired) electrons. The average molecular weight is 452 g/mol. The van der Waals surface area contributed by atoms with Gasteiger partial charge in [0.25, 0.3) is 0 Å². The van der Waals surface area contributed by atoms with Crippen molar-refractivity contribution in [1.29, 1.82) is 0 Å². The van der Waals surface area contributed by atoms with Gasteiger partial charge in [0.1, 0.15) is 6.61 Å². The van der Waals surface area contributed by atoms with Gasteiger partial charge in [-0.2, -0.15) is 0 Å². The third-order valence-electron chi connectivity index (χ3n) is 5.69. The molecule has 0 bridgehead atoms. The number of carbonyl (C=O) groups is 2. The van der Waals surface area contributed by atoms with Gasteiger partial charge in [-0.05, 0) is 34.4 Å². The van der Waals surface area contributed by atoms with Crippen LogP contribution in [0.3, 0.4) is 0 Å². The molecular weight excluding hydrogens is 430 g/mol. The highest BCUT2D eigenvalue weighted by molar-refractivity contribution is 7.91. The zero-order valence-corrected chi connectivity index (χ0v) is 18.1. The van der Waals surface area contributed by atoms with Crippen LogP contribution in [0.1, 0.15) is 44.7 Å². The molecule has 0 saturated heterocycles. The number of nitrogen functional groups attached to an aromatic ring is 1. The van der Waals surface area contributed by atoms with E-state index < -0.39 is 27.3 Å². The molecule has 8 heteroatoms. The van der Waals surface area contributed by atoms with E-state index in [4.69, 9.17) is 10.5 Å². The van der Waals surface area contributed by atoms with Crippen LogP contribution in [0.15, 0.2) is 65.6 Å². The van der Waals surface area contributed by atoms with Crippen LogP contribution >= 0.6 is 0 Å². The molecular formula is C24H21NO6S. The number of sulfone groups is 1. The van der Waals surface area contributed by atoms with Crippen molar-refractivity contribution in [2.75, 3.05) is 18.1 Å². The molecule has 0 amide bonds. The van der Waals surface area contributed by atoms with Gasteiger partial charge < -0.3 is 15.6 Å². The van der Waals surface area contributed by atoms with Crippen LogP contribution in [0.2, 0.25) is 0 Å². The number of carboxylic acid groups (broad SMARTS) is 1. The van der Waals surface area contributed by atoms with E-state index in [0.717, 1.165) is 34.4 Å². The standard InChI is InChI=1S/C24H21NO6S/c1-2-32(29,30)14-11-19(23(26)27)22(25)20(12-14)24(28)31-13-21-17-9-5-3-7-15(17)16-8-4-6-10-18(16)21/h3-12,21H,2,13,25H2,1H3,(H,26,27). The van der Waals surface area contributed by atoms with Gasteiger partial charge in [-0.3, -0.25) is 0 Å². The lowest BCUT2D eigenvalue weighted by atomic mass is 9.98. The summed E-state index contributed by atoms with van der Waals surface area (Å²) in [5.74, 6) is -2.75. The summed E-state index contributed by atoms with van der Waals surface area (Å²) in [6.07, 6.45) is 0. The van der Waals surface area contributed by atoms with E-state index in [1.807, 2.05) is 48.5 Å². The first-order valence-corrected chi connectivity index (χ1v) is 11.6. The smallest absolute Gasteiger partial charge is 0.340 e. The second-order valence-electron chi connectivity index (χ2n) is 7.47. The number of anilines is 1. The summed E-state index contributed by atoms with van der Waals surface area (Å²) < 4.78 is 30.2. The monoisotopic (exact) mass is 451 g/mol. The van der Waals surface area contributed by atoms with Gasteiger partial charge in [-0.15, -0.1) is 0 Å². The van der Waals surface area contributed by atoms with Crippen LogP contribution in [-0.4, -0.2) is 37.8 Å². The number of fused-ring (bicyclic) bond motifs is 3. The maximum atomic E-state index is 12.9. The van der Waals surface area contributed by atoms with Crippen LogP contribution in [-0.2, 0) is 14.6 Å². The van der Waals surface area contributed by atoms with Crippen LogP contribution in [0.25, 0.3) is 11.1 Å². The Morgan fingerprint density at radius 3 is 2.03 bits per heavy atom. The van der Waals surface area contributed by atoms with E-state index in [1.54, 1.807) is 0 Å². The average Bonchev–Trinajstić information content (AvgIpc) is 3.11. The van der Waals surface area contributed by atoms with Gasteiger partial charge >= 0.3 is 11.9 Å². The minimum atomic E-state index is -3.76. The number of benzene rings is 3. The van der Waals surface area contributed by atoms with Crippen molar-refractivity contribution in [2.45, 2.75) is 17.7 Å². The topological polar surface area (TPSA) is 124 Å². The summed E-state index contributed by atoms with van der Waals surface area (Å²) in [5, 5.41) is 9.43. The van der Waals surface area contributed by atoms with E-state index >= 15 is 0 Å². The van der Waals surface area contributed by atoms with Gasteiger partial charge in [-0.25, -0.2) is 18.0 Å². The highest BCUT2D eigenvalue weighted by Gasteiger charge is 2.30. The summed E-state index contributed by atoms with van der Waals surface area (Å²) in [6.45, 7) is 1.43. The van der Waals surface area contributed by atoms with E-state index in [0.29, 0.717) is 0 Å². The van der Waals surface area contributed by atoms with E-state index in [1.165, 1.54) is 6.92 Å². The first-order valence-electron chi connectivity index (χ1n) is 9.99. The summed E-state index contributed by atoms with van der Waals surface area (Å²) in [5.41, 5.74) is 8.99. The molecule has 0 aromatic heterocycles. The molecule has 0 fully saturated rings. The van der Waals surface area contributed by atoms with Crippen molar-refractivity contribution in [1.82, 2.24) is 0 Å². The maximum Gasteiger partial charge on any atom is 0.340 e. The maximum absolute atomic E-state index is 12.9. The van der Waals surface area contributed by atoms with Gasteiger partial charge in [-0.1, -0.05) is 55.5 Å². The molecule has 1 aliphatic rings. The zero-order valence-electron chi connectivity index (χ0n) is 17.2. The van der Waals surface area contributed by atoms with Crippen molar-refractivity contribution in [3.05, 3.63) is 82.9 Å². The zero-order chi connectivity index (χ0) is 23.0. The van der Waals surface area contributed by atoms with Gasteiger partial charge in [0.15, 0.2) is 9.84 Å². The third-order valence-corrected chi connectivity index (χ3v) is 7.40. The molecule has 0 unspecified atom stereocenters. The molecule has 0 heterocycles. The van der Waals surface area contributed by atoms with Gasteiger partial charge in [0.05, 0.1) is 27.5 Å². The Bertz CT molecular complexity index is 1300. The number of nitrogens with two attached hydrogens (primary N) is 1. The minimum Gasteiger partial charge on any atom is -0.478 e. The minimum absolute atomic E-state index is 0.000536. The molecule has 3 N–H and O–H groups in total. The van der Waals surface area contributed by atoms with Crippen LogP contribution < -0.4 is 5.73 Å². The van der Waals surface area contributed by atoms with Gasteiger partial charge in [0.2, 0.25) is 0 Å². The summed E-state index contributed by atoms with van der Waals surface area (Å²) >= 11 is 0. The van der Waals surface area contributed by atoms with Gasteiger partial charge in [0, 0.05) is 5.92 Å². The molecule has 3 aromatic carbocycles. The van der Waals surface area contributed by atoms with Crippen molar-refractivity contribution in [3.63, 3.8) is 0 Å². The van der Waals surface area contributed by atoms with E-state index in [9.17, 15) is 23.1 Å². The number of ether oxygens (including phenoxy) is 1. The number of aromatic carboxylic acids is 1. The van der Waals surface area contributed by atoms with E-state index in [2.05, 4.69) is 0 Å². The normalized spacial score (nSPS) is 12.8. The predicted octanol–water partition coefficient (Wildman–Crippen LogP) is 3.73. The van der Waals surface area contributed by atoms with E-state index in [-0.39, 0.29) is 34.4 Å². The SMILES string of the molecule is CCS(=O)(=O)c1cc(C(=O)O)c(N)c(C(=O)OCC2c3ccccc3-c3ccccc32)c1. The first-order chi connectivity index (χ1) is 15.2. The fraction of sp³-hybridized carbons (Fsp3) is 0.167. The van der Waals surface area contributed by atoms with Crippen LogP contribution in [0.4, 0.5) is 5.69 Å². The molecule has 1 aliphatic carbocycles. The fourth-order valence-electron chi connectivity index (χ4n) is 3.99. The molecule has 4 rings (SSSR count). The number of carbonyl (C=O) groups excluding carboxylic acids is 1. The lowest BCUT2D eigenvalue weighted by Gasteiger charge is -2.16. The largest absolute Gasteiger partial charge is 0.478 e. The highest BCUT2D eigenvalue weighted by atomic mass is 32.2. The molecule has 0 saturated carbocycles. The molecule has 0 aliphatic heterocycles. The molecule has 0 spiro atoms. The molecule has 32 heavy (non-hydrogen) atoms. The molecule has 3 aromatic rings. The Balaban J connectivity index is 1.68. The second-order valence-corrected chi connectivity index (χ2v) is 9.74. The number of rotatable bonds is 6. The Labute approximate surface area is 185 Å². The first kappa shape index (κ1) is 21.6. The third kappa shape index (κ3) is 3.62. The van der Waals surface area contributed by atoms with Crippen LogP contribution in [0.5, 0.6) is 0 Å². The Kier molecular flexibility index (Phi) is 5.48. The van der Waals surface area contributed by atoms with Crippen LogP contribution in [0, 0.1) is 0 Å². The number of esters is 1. The highest BCUT2D eigenvalue weighted by Crippen LogP contribution is 2.44. The second kappa shape index (κ2) is 8.12. The Morgan fingerprint density at radius 2 is 1.50 bits per heavy atom. The molecule has 7 nitrogen and oxygen atoms in total. The summed E-state index contributed by atoms with van der Waals surface area (Å²) in [7, 11) is -3.76. The van der Waals surface area contributed by atoms with Crippen molar-refractivity contribution < 1.29 is 27.9 Å². The predicted molar refractivity (Wildman–Crippen MR) is 120 cm³/mol. The Hall–Kier alpha value is -3.65. The molecule has 164 valence electrons. The molecule has 0 atom stereocenters. The summed E-state index contributed by atoms with van der Waals surface area (Å²) in [4.78, 5) is 24.2. The number of hydrogen-bond acceptors (Lipinski definition) is 6. The number of hydrogen-bond donors (Lipinski definition) is 2. The quantitative estimate of drug-likeness (QED) is 0.432. The lowest BCUT2D eigenvalue weighted by Crippen LogP contribution is -2.17. The number of carboxylic acids is 1.